The number of benzene rings is 2. The van der Waals surface area contributed by atoms with Gasteiger partial charge in [0.05, 0.1) is 30.5 Å². The maximum atomic E-state index is 12.1. The normalized spacial score (nSPS) is 10.3. The van der Waals surface area contributed by atoms with Crippen LogP contribution in [-0.4, -0.2) is 39.2 Å². The van der Waals surface area contributed by atoms with Crippen molar-refractivity contribution < 1.29 is 19.1 Å². The van der Waals surface area contributed by atoms with Gasteiger partial charge in [-0.1, -0.05) is 23.7 Å². The van der Waals surface area contributed by atoms with Crippen LogP contribution in [0, 0.1) is 0 Å². The third-order valence-corrected chi connectivity index (χ3v) is 4.27. The second-order valence-corrected chi connectivity index (χ2v) is 6.24. The average Bonchev–Trinajstić information content (AvgIpc) is 2.69. The zero-order chi connectivity index (χ0) is 19.6. The molecule has 0 aliphatic heterocycles. The SMILES string of the molecule is COC(=O)c1ccc(Cl)c(NC(=O)CCNCCc2ccc(OC)cc2)c1. The highest BCUT2D eigenvalue weighted by atomic mass is 35.5. The summed E-state index contributed by atoms with van der Waals surface area (Å²) < 4.78 is 9.79. The van der Waals surface area contributed by atoms with E-state index in [1.54, 1.807) is 19.2 Å². The highest BCUT2D eigenvalue weighted by Gasteiger charge is 2.11. The third kappa shape index (κ3) is 6.58. The van der Waals surface area contributed by atoms with Crippen molar-refractivity contribution in [3.8, 4) is 5.75 Å². The van der Waals surface area contributed by atoms with Crippen molar-refractivity contribution in [2.24, 2.45) is 0 Å². The summed E-state index contributed by atoms with van der Waals surface area (Å²) in [7, 11) is 2.94. The van der Waals surface area contributed by atoms with Gasteiger partial charge in [0.15, 0.2) is 0 Å². The molecule has 0 aliphatic rings. The predicted octanol–water partition coefficient (Wildman–Crippen LogP) is 3.30. The number of amides is 1. The van der Waals surface area contributed by atoms with Crippen LogP contribution in [0.15, 0.2) is 42.5 Å². The molecule has 144 valence electrons. The van der Waals surface area contributed by atoms with Crippen molar-refractivity contribution in [1.29, 1.82) is 0 Å². The monoisotopic (exact) mass is 390 g/mol. The molecule has 2 rings (SSSR count). The molecule has 0 radical (unpaired) electrons. The molecule has 7 heteroatoms. The van der Waals surface area contributed by atoms with Crippen molar-refractivity contribution in [3.05, 3.63) is 58.6 Å². The first-order chi connectivity index (χ1) is 13.0. The number of esters is 1. The number of ether oxygens (including phenoxy) is 2. The molecule has 1 amide bonds. The van der Waals surface area contributed by atoms with Crippen molar-refractivity contribution in [3.63, 3.8) is 0 Å². The van der Waals surface area contributed by atoms with Crippen LogP contribution in [0.3, 0.4) is 0 Å². The number of carbonyl (C=O) groups excluding carboxylic acids is 2. The summed E-state index contributed by atoms with van der Waals surface area (Å²) in [6.45, 7) is 1.30. The van der Waals surface area contributed by atoms with Gasteiger partial charge in [0, 0.05) is 13.0 Å². The van der Waals surface area contributed by atoms with Crippen LogP contribution < -0.4 is 15.4 Å². The lowest BCUT2D eigenvalue weighted by Gasteiger charge is -2.09. The van der Waals surface area contributed by atoms with Gasteiger partial charge in [0.25, 0.3) is 0 Å². The standard InChI is InChI=1S/C20H23ClN2O4/c1-26-16-6-3-14(4-7-16)9-11-22-12-10-19(24)23-18-13-15(20(25)27-2)5-8-17(18)21/h3-8,13,22H,9-12H2,1-2H3,(H,23,24). The van der Waals surface area contributed by atoms with Crippen LogP contribution in [0.1, 0.15) is 22.3 Å². The molecule has 2 aromatic carbocycles. The molecular weight excluding hydrogens is 368 g/mol. The van der Waals surface area contributed by atoms with E-state index in [0.29, 0.717) is 29.2 Å². The van der Waals surface area contributed by atoms with Crippen molar-refractivity contribution >= 4 is 29.2 Å². The Balaban J connectivity index is 1.73. The lowest BCUT2D eigenvalue weighted by atomic mass is 10.1. The first-order valence-electron chi connectivity index (χ1n) is 8.55. The first-order valence-corrected chi connectivity index (χ1v) is 8.92. The first kappa shape index (κ1) is 20.7. The van der Waals surface area contributed by atoms with Gasteiger partial charge in [0.1, 0.15) is 5.75 Å². The number of carbonyl (C=O) groups is 2. The maximum Gasteiger partial charge on any atom is 0.337 e. The minimum atomic E-state index is -0.484. The van der Waals surface area contributed by atoms with Gasteiger partial charge in [-0.05, 0) is 48.9 Å². The molecule has 0 fully saturated rings. The fourth-order valence-electron chi connectivity index (χ4n) is 2.43. The summed E-state index contributed by atoms with van der Waals surface area (Å²) in [4.78, 5) is 23.6. The molecule has 0 heterocycles. The molecule has 0 aliphatic carbocycles. The second kappa shape index (κ2) is 10.5. The quantitative estimate of drug-likeness (QED) is 0.507. The minimum absolute atomic E-state index is 0.184. The van der Waals surface area contributed by atoms with Gasteiger partial charge < -0.3 is 20.1 Å². The van der Waals surface area contributed by atoms with E-state index in [9.17, 15) is 9.59 Å². The van der Waals surface area contributed by atoms with Crippen LogP contribution in [0.5, 0.6) is 5.75 Å². The Bertz CT molecular complexity index is 778. The fraction of sp³-hybridized carbons (Fsp3) is 0.300. The molecule has 0 aromatic heterocycles. The molecule has 0 atom stereocenters. The smallest absolute Gasteiger partial charge is 0.337 e. The van der Waals surface area contributed by atoms with Crippen LogP contribution >= 0.6 is 11.6 Å². The van der Waals surface area contributed by atoms with E-state index in [1.807, 2.05) is 24.3 Å². The number of rotatable bonds is 9. The lowest BCUT2D eigenvalue weighted by Crippen LogP contribution is -2.23. The Labute approximate surface area is 163 Å². The van der Waals surface area contributed by atoms with Crippen LogP contribution in [0.2, 0.25) is 5.02 Å². The molecule has 6 nitrogen and oxygen atoms in total. The van der Waals surface area contributed by atoms with Gasteiger partial charge in [-0.15, -0.1) is 0 Å². The van der Waals surface area contributed by atoms with Crippen LogP contribution in [-0.2, 0) is 16.0 Å². The zero-order valence-corrected chi connectivity index (χ0v) is 16.1. The van der Waals surface area contributed by atoms with E-state index in [4.69, 9.17) is 16.3 Å². The summed E-state index contributed by atoms with van der Waals surface area (Å²) in [5.74, 6) is 0.163. The number of halogens is 1. The summed E-state index contributed by atoms with van der Waals surface area (Å²) in [6.07, 6.45) is 1.15. The van der Waals surface area contributed by atoms with Gasteiger partial charge in [-0.25, -0.2) is 4.79 Å². The highest BCUT2D eigenvalue weighted by Crippen LogP contribution is 2.23. The number of nitrogens with one attached hydrogen (secondary N) is 2. The predicted molar refractivity (Wildman–Crippen MR) is 106 cm³/mol. The van der Waals surface area contributed by atoms with Crippen LogP contribution in [0.4, 0.5) is 5.69 Å². The number of hydrogen-bond acceptors (Lipinski definition) is 5. The van der Waals surface area contributed by atoms with E-state index in [0.717, 1.165) is 18.7 Å². The maximum absolute atomic E-state index is 12.1. The molecule has 0 spiro atoms. The third-order valence-electron chi connectivity index (χ3n) is 3.94. The van der Waals surface area contributed by atoms with Gasteiger partial charge in [-0.2, -0.15) is 0 Å². The molecule has 0 saturated heterocycles. The van der Waals surface area contributed by atoms with Gasteiger partial charge >= 0.3 is 5.97 Å². The largest absolute Gasteiger partial charge is 0.497 e. The lowest BCUT2D eigenvalue weighted by molar-refractivity contribution is -0.116. The molecule has 2 N–H and O–H groups in total. The molecule has 0 saturated carbocycles. The van der Waals surface area contributed by atoms with Crippen molar-refractivity contribution in [2.75, 3.05) is 32.6 Å². The van der Waals surface area contributed by atoms with E-state index >= 15 is 0 Å². The summed E-state index contributed by atoms with van der Waals surface area (Å²) in [6, 6.07) is 12.5. The second-order valence-electron chi connectivity index (χ2n) is 5.83. The summed E-state index contributed by atoms with van der Waals surface area (Å²) in [5, 5.41) is 6.32. The van der Waals surface area contributed by atoms with Gasteiger partial charge in [-0.3, -0.25) is 4.79 Å². The topological polar surface area (TPSA) is 76.7 Å². The van der Waals surface area contributed by atoms with Crippen LogP contribution in [0.25, 0.3) is 0 Å². The Hall–Kier alpha value is -2.57. The Morgan fingerprint density at radius 2 is 1.78 bits per heavy atom. The molecule has 0 bridgehead atoms. The minimum Gasteiger partial charge on any atom is -0.497 e. The average molecular weight is 391 g/mol. The molecule has 27 heavy (non-hydrogen) atoms. The fourth-order valence-corrected chi connectivity index (χ4v) is 2.60. The summed E-state index contributed by atoms with van der Waals surface area (Å²) >= 11 is 6.07. The van der Waals surface area contributed by atoms with Crippen molar-refractivity contribution in [2.45, 2.75) is 12.8 Å². The van der Waals surface area contributed by atoms with Gasteiger partial charge in [0.2, 0.25) is 5.91 Å². The van der Waals surface area contributed by atoms with E-state index in [1.165, 1.54) is 18.7 Å². The zero-order valence-electron chi connectivity index (χ0n) is 15.4. The number of hydrogen-bond donors (Lipinski definition) is 2. The summed E-state index contributed by atoms with van der Waals surface area (Å²) in [5.41, 5.74) is 1.91. The van der Waals surface area contributed by atoms with E-state index < -0.39 is 5.97 Å². The molecular formula is C20H23ClN2O4. The highest BCUT2D eigenvalue weighted by molar-refractivity contribution is 6.33. The van der Waals surface area contributed by atoms with E-state index in [-0.39, 0.29) is 5.91 Å². The van der Waals surface area contributed by atoms with E-state index in [2.05, 4.69) is 15.4 Å². The Morgan fingerprint density at radius 1 is 1.04 bits per heavy atom. The van der Waals surface area contributed by atoms with Crippen molar-refractivity contribution in [1.82, 2.24) is 5.32 Å². The molecule has 0 unspecified atom stereocenters. The number of anilines is 1. The Kier molecular flexibility index (Phi) is 8.10. The number of methoxy groups -OCH3 is 2. The Morgan fingerprint density at radius 3 is 2.44 bits per heavy atom. The molecule has 2 aromatic rings.